The van der Waals surface area contributed by atoms with E-state index in [-0.39, 0.29) is 11.7 Å². The SMILES string of the molecule is O=C([O-])N1CC(F)(F)CC1c1nc(-c2ccc(C#Cc3ccccn3)cn2)no1. The fourth-order valence-corrected chi connectivity index (χ4v) is 2.88. The third-order valence-corrected chi connectivity index (χ3v) is 4.22. The predicted molar refractivity (Wildman–Crippen MR) is 92.2 cm³/mol. The van der Waals surface area contributed by atoms with Crippen LogP contribution in [-0.2, 0) is 0 Å². The first-order valence-corrected chi connectivity index (χ1v) is 8.50. The summed E-state index contributed by atoms with van der Waals surface area (Å²) in [5.41, 5.74) is 1.57. The van der Waals surface area contributed by atoms with Gasteiger partial charge in [0.15, 0.2) is 0 Å². The monoisotopic (exact) mass is 396 g/mol. The van der Waals surface area contributed by atoms with E-state index in [1.807, 2.05) is 6.07 Å². The maximum Gasteiger partial charge on any atom is 0.267 e. The highest BCUT2D eigenvalue weighted by Gasteiger charge is 2.48. The van der Waals surface area contributed by atoms with Gasteiger partial charge in [-0.3, -0.25) is 4.98 Å². The van der Waals surface area contributed by atoms with Crippen LogP contribution in [0.1, 0.15) is 29.6 Å². The first kappa shape index (κ1) is 18.5. The van der Waals surface area contributed by atoms with Gasteiger partial charge >= 0.3 is 0 Å². The van der Waals surface area contributed by atoms with Crippen LogP contribution in [0.2, 0.25) is 0 Å². The summed E-state index contributed by atoms with van der Waals surface area (Å²) in [5, 5.41) is 14.8. The molecule has 4 rings (SSSR count). The molecule has 0 saturated carbocycles. The molecule has 1 aliphatic heterocycles. The topological polar surface area (TPSA) is 108 Å². The Morgan fingerprint density at radius 2 is 2.10 bits per heavy atom. The van der Waals surface area contributed by atoms with Gasteiger partial charge in [0.1, 0.15) is 23.5 Å². The Balaban J connectivity index is 1.53. The van der Waals surface area contributed by atoms with E-state index in [9.17, 15) is 18.7 Å². The van der Waals surface area contributed by atoms with Crippen LogP contribution in [-0.4, -0.2) is 43.6 Å². The average Bonchev–Trinajstić information content (AvgIpc) is 3.32. The molecule has 1 saturated heterocycles. The molecule has 0 bridgehead atoms. The summed E-state index contributed by atoms with van der Waals surface area (Å²) < 4.78 is 32.2. The third-order valence-electron chi connectivity index (χ3n) is 4.22. The van der Waals surface area contributed by atoms with Gasteiger partial charge in [0.05, 0.1) is 6.54 Å². The normalized spacial score (nSPS) is 17.6. The van der Waals surface area contributed by atoms with Crippen molar-refractivity contribution in [2.75, 3.05) is 6.54 Å². The zero-order valence-electron chi connectivity index (χ0n) is 14.7. The van der Waals surface area contributed by atoms with Crippen molar-refractivity contribution in [2.24, 2.45) is 0 Å². The van der Waals surface area contributed by atoms with Crippen LogP contribution < -0.4 is 5.11 Å². The van der Waals surface area contributed by atoms with Gasteiger partial charge in [0.25, 0.3) is 5.92 Å². The van der Waals surface area contributed by atoms with Crippen LogP contribution in [0, 0.1) is 11.8 Å². The zero-order valence-corrected chi connectivity index (χ0v) is 14.7. The lowest BCUT2D eigenvalue weighted by molar-refractivity contribution is -0.267. The van der Waals surface area contributed by atoms with Gasteiger partial charge in [-0.05, 0) is 30.2 Å². The summed E-state index contributed by atoms with van der Waals surface area (Å²) in [4.78, 5) is 23.9. The lowest BCUT2D eigenvalue weighted by atomic mass is 10.2. The minimum Gasteiger partial charge on any atom is -0.530 e. The van der Waals surface area contributed by atoms with Crippen molar-refractivity contribution in [1.29, 1.82) is 0 Å². The van der Waals surface area contributed by atoms with Crippen molar-refractivity contribution in [3.8, 4) is 23.4 Å². The maximum absolute atomic E-state index is 13.6. The summed E-state index contributed by atoms with van der Waals surface area (Å²) in [7, 11) is 0. The predicted octanol–water partition coefficient (Wildman–Crippen LogP) is 1.65. The molecule has 1 fully saturated rings. The van der Waals surface area contributed by atoms with Gasteiger partial charge in [-0.1, -0.05) is 17.1 Å². The van der Waals surface area contributed by atoms with Crippen LogP contribution >= 0.6 is 0 Å². The molecule has 0 spiro atoms. The van der Waals surface area contributed by atoms with E-state index in [0.717, 1.165) is 0 Å². The molecule has 146 valence electrons. The molecule has 1 aliphatic rings. The quantitative estimate of drug-likeness (QED) is 0.606. The second kappa shape index (κ2) is 7.27. The molecule has 3 aromatic heterocycles. The fraction of sp³-hybridized carbons (Fsp3) is 0.211. The number of carbonyl (C=O) groups is 1. The second-order valence-electron chi connectivity index (χ2n) is 6.32. The van der Waals surface area contributed by atoms with Gasteiger partial charge in [-0.25, -0.2) is 13.8 Å². The average molecular weight is 396 g/mol. The second-order valence-corrected chi connectivity index (χ2v) is 6.32. The number of likely N-dealkylation sites (tertiary alicyclic amines) is 1. The van der Waals surface area contributed by atoms with Crippen LogP contribution in [0.15, 0.2) is 47.2 Å². The van der Waals surface area contributed by atoms with E-state index < -0.39 is 31.0 Å². The van der Waals surface area contributed by atoms with E-state index in [1.165, 1.54) is 6.20 Å². The first-order valence-electron chi connectivity index (χ1n) is 8.50. The number of carbonyl (C=O) groups excluding carboxylic acids is 1. The van der Waals surface area contributed by atoms with E-state index in [2.05, 4.69) is 31.9 Å². The Kier molecular flexibility index (Phi) is 4.64. The minimum absolute atomic E-state index is 0.0535. The van der Waals surface area contributed by atoms with Crippen molar-refractivity contribution >= 4 is 6.09 Å². The Morgan fingerprint density at radius 1 is 1.24 bits per heavy atom. The number of alkyl halides is 2. The minimum atomic E-state index is -3.19. The van der Waals surface area contributed by atoms with Gasteiger partial charge in [-0.2, -0.15) is 4.98 Å². The van der Waals surface area contributed by atoms with E-state index in [1.54, 1.807) is 30.5 Å². The highest BCUT2D eigenvalue weighted by Crippen LogP contribution is 2.40. The van der Waals surface area contributed by atoms with Crippen molar-refractivity contribution in [3.05, 3.63) is 59.9 Å². The number of amides is 1. The molecule has 0 N–H and O–H groups in total. The van der Waals surface area contributed by atoms with Crippen molar-refractivity contribution in [2.45, 2.75) is 18.4 Å². The lowest BCUT2D eigenvalue weighted by Crippen LogP contribution is -2.42. The molecule has 0 aliphatic carbocycles. The Hall–Kier alpha value is -3.87. The van der Waals surface area contributed by atoms with Crippen molar-refractivity contribution in [1.82, 2.24) is 25.0 Å². The fourth-order valence-electron chi connectivity index (χ4n) is 2.88. The number of rotatable bonds is 2. The number of nitrogens with zero attached hydrogens (tertiary/aromatic N) is 5. The van der Waals surface area contributed by atoms with Crippen LogP contribution in [0.5, 0.6) is 0 Å². The van der Waals surface area contributed by atoms with Crippen molar-refractivity contribution < 1.29 is 23.2 Å². The van der Waals surface area contributed by atoms with E-state index >= 15 is 0 Å². The molecule has 3 aromatic rings. The summed E-state index contributed by atoms with van der Waals surface area (Å²) >= 11 is 0. The Morgan fingerprint density at radius 3 is 2.79 bits per heavy atom. The molecule has 8 nitrogen and oxygen atoms in total. The van der Waals surface area contributed by atoms with E-state index in [4.69, 9.17) is 4.52 Å². The van der Waals surface area contributed by atoms with Crippen LogP contribution in [0.25, 0.3) is 11.5 Å². The number of halogens is 2. The number of hydrogen-bond donors (Lipinski definition) is 0. The smallest absolute Gasteiger partial charge is 0.267 e. The zero-order chi connectivity index (χ0) is 20.4. The lowest BCUT2D eigenvalue weighted by Gasteiger charge is -2.23. The number of aromatic nitrogens is 4. The molecule has 0 radical (unpaired) electrons. The summed E-state index contributed by atoms with van der Waals surface area (Å²) in [6.45, 7) is -0.973. The van der Waals surface area contributed by atoms with Gasteiger partial charge < -0.3 is 19.3 Å². The molecule has 29 heavy (non-hydrogen) atoms. The number of pyridine rings is 2. The molecular weight excluding hydrogens is 384 g/mol. The molecule has 4 heterocycles. The molecule has 1 amide bonds. The van der Waals surface area contributed by atoms with Crippen molar-refractivity contribution in [3.63, 3.8) is 0 Å². The van der Waals surface area contributed by atoms with E-state index in [0.29, 0.717) is 21.9 Å². The first-order chi connectivity index (χ1) is 13.9. The Labute approximate surface area is 163 Å². The highest BCUT2D eigenvalue weighted by atomic mass is 19.3. The van der Waals surface area contributed by atoms with Gasteiger partial charge in [-0.15, -0.1) is 0 Å². The maximum atomic E-state index is 13.6. The third kappa shape index (κ3) is 4.03. The molecule has 1 unspecified atom stereocenters. The highest BCUT2D eigenvalue weighted by molar-refractivity contribution is 5.64. The number of carboxylic acid groups (broad SMARTS) is 1. The van der Waals surface area contributed by atoms with Crippen LogP contribution in [0.4, 0.5) is 13.6 Å². The molecular formula is C19H12F2N5O3-. The molecule has 1 atom stereocenters. The largest absolute Gasteiger partial charge is 0.530 e. The number of hydrogen-bond acceptors (Lipinski definition) is 7. The Bertz CT molecular complexity index is 1090. The molecule has 10 heteroatoms. The van der Waals surface area contributed by atoms with Crippen LogP contribution in [0.3, 0.4) is 0 Å². The summed E-state index contributed by atoms with van der Waals surface area (Å²) in [6.07, 6.45) is 0.665. The standard InChI is InChI=1S/C19H13F2N5O3/c20-19(21)9-15(26(11-19)18(27)28)17-24-16(25-29-17)14-7-5-12(10-23-14)4-6-13-3-1-2-8-22-13/h1-3,5,7-8,10,15H,9,11H2,(H,27,28)/p-1. The summed E-state index contributed by atoms with van der Waals surface area (Å²) in [6, 6.07) is 7.41. The molecule has 0 aromatic carbocycles. The summed E-state index contributed by atoms with van der Waals surface area (Å²) in [5.74, 6) is 2.44. The van der Waals surface area contributed by atoms with Gasteiger partial charge in [0, 0.05) is 24.4 Å². The van der Waals surface area contributed by atoms with Gasteiger partial charge in [0.2, 0.25) is 11.7 Å².